The van der Waals surface area contributed by atoms with E-state index >= 15 is 0 Å². The van der Waals surface area contributed by atoms with Crippen LogP contribution in [0.25, 0.3) is 11.0 Å². The van der Waals surface area contributed by atoms with E-state index < -0.39 is 5.82 Å². The monoisotopic (exact) mass is 328 g/mol. The molecule has 0 amide bonds. The maximum Gasteiger partial charge on any atom is 0.144 e. The predicted octanol–water partition coefficient (Wildman–Crippen LogP) is 5.88. The van der Waals surface area contributed by atoms with E-state index in [0.29, 0.717) is 17.0 Å². The molecule has 0 saturated heterocycles. The van der Waals surface area contributed by atoms with Crippen LogP contribution in [0.1, 0.15) is 57.3 Å². The van der Waals surface area contributed by atoms with Crippen LogP contribution in [-0.4, -0.2) is 9.55 Å². The van der Waals surface area contributed by atoms with Crippen LogP contribution in [0.5, 0.6) is 0 Å². The molecule has 3 rings (SSSR count). The Kier molecular flexibility index (Phi) is 3.69. The van der Waals surface area contributed by atoms with Gasteiger partial charge in [-0.3, -0.25) is 0 Å². The number of benzene rings is 1. The van der Waals surface area contributed by atoms with Crippen molar-refractivity contribution in [3.8, 4) is 0 Å². The second-order valence-corrected chi connectivity index (χ2v) is 7.83. The molecule has 2 atom stereocenters. The molecule has 1 saturated carbocycles. The topological polar surface area (TPSA) is 17.8 Å². The first-order valence-electron chi connectivity index (χ1n) is 7.29. The van der Waals surface area contributed by atoms with Crippen LogP contribution in [0, 0.1) is 11.2 Å². The number of nitrogens with zero attached hydrogens (tertiary/aromatic N) is 2. The van der Waals surface area contributed by atoms with Crippen LogP contribution in [0.15, 0.2) is 12.1 Å². The van der Waals surface area contributed by atoms with Crippen LogP contribution >= 0.6 is 23.2 Å². The summed E-state index contributed by atoms with van der Waals surface area (Å²) in [5.41, 5.74) is 1.83. The van der Waals surface area contributed by atoms with E-state index in [4.69, 9.17) is 23.2 Å². The van der Waals surface area contributed by atoms with E-state index in [2.05, 4.69) is 23.4 Å². The Morgan fingerprint density at radius 2 is 2.14 bits per heavy atom. The van der Waals surface area contributed by atoms with Crippen molar-refractivity contribution in [2.24, 2.45) is 5.41 Å². The molecule has 1 aliphatic rings. The van der Waals surface area contributed by atoms with E-state index in [1.54, 1.807) is 6.07 Å². The van der Waals surface area contributed by atoms with Gasteiger partial charge in [-0.05, 0) is 37.7 Å². The number of rotatable bonds is 2. The molecule has 2 nitrogen and oxygen atoms in total. The number of aromatic nitrogens is 2. The van der Waals surface area contributed by atoms with E-state index in [9.17, 15) is 4.39 Å². The number of imidazole rings is 1. The van der Waals surface area contributed by atoms with Crippen molar-refractivity contribution in [3.05, 3.63) is 28.8 Å². The molecule has 2 unspecified atom stereocenters. The Morgan fingerprint density at radius 3 is 2.71 bits per heavy atom. The molecular formula is C16H19Cl2FN2. The highest BCUT2D eigenvalue weighted by Gasteiger charge is 2.34. The van der Waals surface area contributed by atoms with Gasteiger partial charge >= 0.3 is 0 Å². The molecule has 1 fully saturated rings. The van der Waals surface area contributed by atoms with Crippen LogP contribution in [0.2, 0.25) is 5.02 Å². The number of hydrogen-bond donors (Lipinski definition) is 0. The first kappa shape index (κ1) is 15.1. The largest absolute Gasteiger partial charge is 0.324 e. The summed E-state index contributed by atoms with van der Waals surface area (Å²) in [5.74, 6) is 0.366. The zero-order chi connectivity index (χ0) is 15.4. The van der Waals surface area contributed by atoms with Gasteiger partial charge in [0, 0.05) is 12.1 Å². The molecule has 0 aliphatic heterocycles. The van der Waals surface area contributed by atoms with Crippen molar-refractivity contribution >= 4 is 34.2 Å². The Morgan fingerprint density at radius 1 is 1.43 bits per heavy atom. The fraction of sp³-hybridized carbons (Fsp3) is 0.562. The molecule has 1 aromatic carbocycles. The maximum atomic E-state index is 13.7. The van der Waals surface area contributed by atoms with Crippen molar-refractivity contribution in [1.82, 2.24) is 9.55 Å². The zero-order valence-electron chi connectivity index (χ0n) is 12.5. The molecule has 114 valence electrons. The maximum absolute atomic E-state index is 13.7. The molecule has 0 radical (unpaired) electrons. The van der Waals surface area contributed by atoms with Crippen molar-refractivity contribution in [1.29, 1.82) is 0 Å². The lowest BCUT2D eigenvalue weighted by Crippen LogP contribution is -2.12. The SMILES string of the molecule is CC(Cl)c1nc2cc(F)c(Cl)cc2n1C1CCC(C)(C)C1. The van der Waals surface area contributed by atoms with E-state index in [0.717, 1.165) is 24.2 Å². The summed E-state index contributed by atoms with van der Waals surface area (Å²) in [7, 11) is 0. The number of fused-ring (bicyclic) bond motifs is 1. The van der Waals surface area contributed by atoms with Crippen LogP contribution < -0.4 is 0 Å². The third-order valence-electron chi connectivity index (χ3n) is 4.42. The summed E-state index contributed by atoms with van der Waals surface area (Å²) < 4.78 is 15.9. The van der Waals surface area contributed by atoms with Gasteiger partial charge in [0.05, 0.1) is 21.4 Å². The smallest absolute Gasteiger partial charge is 0.144 e. The number of hydrogen-bond acceptors (Lipinski definition) is 1. The van der Waals surface area contributed by atoms with Gasteiger partial charge in [0.2, 0.25) is 0 Å². The Labute approximate surface area is 134 Å². The summed E-state index contributed by atoms with van der Waals surface area (Å²) >= 11 is 12.3. The predicted molar refractivity (Wildman–Crippen MR) is 85.6 cm³/mol. The first-order chi connectivity index (χ1) is 9.78. The lowest BCUT2D eigenvalue weighted by molar-refractivity contribution is 0.358. The number of alkyl halides is 1. The van der Waals surface area contributed by atoms with Crippen LogP contribution in [-0.2, 0) is 0 Å². The standard InChI is InChI=1S/C16H19Cl2FN2/c1-9(17)15-20-13-7-12(19)11(18)6-14(13)21(15)10-4-5-16(2,3)8-10/h6-7,9-10H,4-5,8H2,1-3H3. The van der Waals surface area contributed by atoms with Crippen molar-refractivity contribution in [2.45, 2.75) is 51.5 Å². The van der Waals surface area contributed by atoms with Crippen molar-refractivity contribution in [3.63, 3.8) is 0 Å². The molecule has 1 heterocycles. The molecule has 0 bridgehead atoms. The second-order valence-electron chi connectivity index (χ2n) is 6.77. The molecule has 5 heteroatoms. The fourth-order valence-corrected chi connectivity index (χ4v) is 3.70. The van der Waals surface area contributed by atoms with Crippen molar-refractivity contribution < 1.29 is 4.39 Å². The van der Waals surface area contributed by atoms with Gasteiger partial charge in [0.25, 0.3) is 0 Å². The molecule has 0 N–H and O–H groups in total. The van der Waals surface area contributed by atoms with Gasteiger partial charge in [-0.1, -0.05) is 25.4 Å². The summed E-state index contributed by atoms with van der Waals surface area (Å²) in [6, 6.07) is 3.42. The number of halogens is 3. The summed E-state index contributed by atoms with van der Waals surface area (Å²) in [6.45, 7) is 6.46. The fourth-order valence-electron chi connectivity index (χ4n) is 3.39. The van der Waals surface area contributed by atoms with Gasteiger partial charge in [0.1, 0.15) is 11.6 Å². The highest BCUT2D eigenvalue weighted by atomic mass is 35.5. The molecule has 2 aromatic rings. The molecule has 1 aromatic heterocycles. The average molecular weight is 329 g/mol. The normalized spacial score (nSPS) is 22.9. The minimum Gasteiger partial charge on any atom is -0.324 e. The van der Waals surface area contributed by atoms with E-state index in [-0.39, 0.29) is 10.4 Å². The lowest BCUT2D eigenvalue weighted by Gasteiger charge is -2.21. The summed E-state index contributed by atoms with van der Waals surface area (Å²) in [6.07, 6.45) is 3.33. The summed E-state index contributed by atoms with van der Waals surface area (Å²) in [5, 5.41) is -0.0855. The van der Waals surface area contributed by atoms with Crippen LogP contribution in [0.3, 0.4) is 0 Å². The minimum absolute atomic E-state index is 0.134. The zero-order valence-corrected chi connectivity index (χ0v) is 14.0. The van der Waals surface area contributed by atoms with E-state index in [1.165, 1.54) is 12.5 Å². The van der Waals surface area contributed by atoms with E-state index in [1.807, 2.05) is 6.92 Å². The summed E-state index contributed by atoms with van der Waals surface area (Å²) in [4.78, 5) is 4.54. The van der Waals surface area contributed by atoms with Crippen LogP contribution in [0.4, 0.5) is 4.39 Å². The molecular weight excluding hydrogens is 310 g/mol. The average Bonchev–Trinajstić information content (AvgIpc) is 2.90. The van der Waals surface area contributed by atoms with Gasteiger partial charge < -0.3 is 4.57 Å². The van der Waals surface area contributed by atoms with Gasteiger partial charge in [-0.25, -0.2) is 9.37 Å². The minimum atomic E-state index is -0.436. The Hall–Kier alpha value is -0.800. The molecule has 0 spiro atoms. The lowest BCUT2D eigenvalue weighted by atomic mass is 9.92. The second kappa shape index (κ2) is 5.13. The van der Waals surface area contributed by atoms with Crippen molar-refractivity contribution in [2.75, 3.05) is 0 Å². The van der Waals surface area contributed by atoms with Gasteiger partial charge in [0.15, 0.2) is 0 Å². The van der Waals surface area contributed by atoms with Gasteiger partial charge in [-0.2, -0.15) is 0 Å². The molecule has 21 heavy (non-hydrogen) atoms. The van der Waals surface area contributed by atoms with Gasteiger partial charge in [-0.15, -0.1) is 11.6 Å². The third-order valence-corrected chi connectivity index (χ3v) is 4.91. The Balaban J connectivity index is 2.19. The highest BCUT2D eigenvalue weighted by molar-refractivity contribution is 6.31. The third kappa shape index (κ3) is 2.66. The molecule has 1 aliphatic carbocycles. The quantitative estimate of drug-likeness (QED) is 0.629. The highest BCUT2D eigenvalue weighted by Crippen LogP contribution is 2.46. The first-order valence-corrected chi connectivity index (χ1v) is 8.11. The Bertz CT molecular complexity index is 691.